The molecule has 0 aliphatic carbocycles. The summed E-state index contributed by atoms with van der Waals surface area (Å²) in [5.74, 6) is -1.83. The van der Waals surface area contributed by atoms with Crippen molar-refractivity contribution in [2.75, 3.05) is 0 Å². The van der Waals surface area contributed by atoms with Crippen molar-refractivity contribution < 1.29 is 13.2 Å². The van der Waals surface area contributed by atoms with Crippen LogP contribution < -0.4 is 5.73 Å². The molecule has 2 aromatic carbocycles. The van der Waals surface area contributed by atoms with Crippen molar-refractivity contribution in [2.45, 2.75) is 18.9 Å². The fourth-order valence-electron chi connectivity index (χ4n) is 2.09. The highest BCUT2D eigenvalue weighted by atomic mass is 19.1. The van der Waals surface area contributed by atoms with Crippen molar-refractivity contribution >= 4 is 0 Å². The van der Waals surface area contributed by atoms with E-state index in [0.29, 0.717) is 0 Å². The minimum Gasteiger partial charge on any atom is -0.321 e. The maximum absolute atomic E-state index is 13.7. The van der Waals surface area contributed by atoms with Crippen molar-refractivity contribution in [2.24, 2.45) is 5.73 Å². The van der Waals surface area contributed by atoms with Crippen molar-refractivity contribution in [3.8, 4) is 0 Å². The van der Waals surface area contributed by atoms with Crippen LogP contribution in [0.2, 0.25) is 0 Å². The fourth-order valence-corrected chi connectivity index (χ4v) is 2.09. The number of nitrogens with two attached hydrogens (primary N) is 1. The van der Waals surface area contributed by atoms with E-state index in [1.165, 1.54) is 18.2 Å². The highest BCUT2D eigenvalue weighted by Crippen LogP contribution is 2.27. The SMILES string of the molecule is CC(N)(Cc1c(F)cccc1F)c1ccccc1F. The van der Waals surface area contributed by atoms with E-state index < -0.39 is 23.0 Å². The van der Waals surface area contributed by atoms with Gasteiger partial charge in [0.1, 0.15) is 17.5 Å². The second-order valence-corrected chi connectivity index (χ2v) is 4.77. The molecule has 19 heavy (non-hydrogen) atoms. The molecule has 0 spiro atoms. The van der Waals surface area contributed by atoms with Gasteiger partial charge < -0.3 is 5.73 Å². The molecule has 2 aromatic rings. The summed E-state index contributed by atoms with van der Waals surface area (Å²) in [7, 11) is 0. The zero-order valence-corrected chi connectivity index (χ0v) is 10.5. The zero-order chi connectivity index (χ0) is 14.0. The van der Waals surface area contributed by atoms with Crippen LogP contribution in [0.3, 0.4) is 0 Å². The van der Waals surface area contributed by atoms with E-state index in [9.17, 15) is 13.2 Å². The molecule has 100 valence electrons. The Hall–Kier alpha value is -1.81. The van der Waals surface area contributed by atoms with Crippen molar-refractivity contribution in [1.29, 1.82) is 0 Å². The van der Waals surface area contributed by atoms with Crippen LogP contribution in [0.15, 0.2) is 42.5 Å². The molecular weight excluding hydrogens is 251 g/mol. The maximum Gasteiger partial charge on any atom is 0.129 e. The van der Waals surface area contributed by atoms with Crippen LogP contribution in [0, 0.1) is 17.5 Å². The molecule has 2 N–H and O–H groups in total. The molecule has 4 heteroatoms. The summed E-state index contributed by atoms with van der Waals surface area (Å²) in [6, 6.07) is 9.59. The zero-order valence-electron chi connectivity index (χ0n) is 10.5. The molecule has 0 bridgehead atoms. The van der Waals surface area contributed by atoms with Gasteiger partial charge in [-0.15, -0.1) is 0 Å². The molecule has 1 nitrogen and oxygen atoms in total. The Balaban J connectivity index is 2.39. The standard InChI is InChI=1S/C15H14F3N/c1-15(19,11-5-2-3-6-14(11)18)9-10-12(16)7-4-8-13(10)17/h2-8H,9,19H2,1H3. The molecule has 0 saturated carbocycles. The van der Waals surface area contributed by atoms with Crippen LogP contribution in [0.5, 0.6) is 0 Å². The molecule has 0 aromatic heterocycles. The van der Waals surface area contributed by atoms with Gasteiger partial charge in [0, 0.05) is 23.1 Å². The smallest absolute Gasteiger partial charge is 0.129 e. The Labute approximate surface area is 109 Å². The number of hydrogen-bond acceptors (Lipinski definition) is 1. The van der Waals surface area contributed by atoms with Gasteiger partial charge in [0.25, 0.3) is 0 Å². The first kappa shape index (κ1) is 13.6. The Morgan fingerprint density at radius 1 is 0.895 bits per heavy atom. The van der Waals surface area contributed by atoms with Crippen LogP contribution in [-0.2, 0) is 12.0 Å². The summed E-state index contributed by atoms with van der Waals surface area (Å²) >= 11 is 0. The first-order valence-electron chi connectivity index (χ1n) is 5.88. The molecule has 1 unspecified atom stereocenters. The number of hydrogen-bond donors (Lipinski definition) is 1. The summed E-state index contributed by atoms with van der Waals surface area (Å²) < 4.78 is 40.9. The number of halogens is 3. The molecular formula is C15H14F3N. The lowest BCUT2D eigenvalue weighted by molar-refractivity contribution is 0.433. The van der Waals surface area contributed by atoms with Crippen molar-refractivity contribution in [1.82, 2.24) is 0 Å². The van der Waals surface area contributed by atoms with Gasteiger partial charge in [0.2, 0.25) is 0 Å². The topological polar surface area (TPSA) is 26.0 Å². The lowest BCUT2D eigenvalue weighted by Crippen LogP contribution is -2.37. The third kappa shape index (κ3) is 2.79. The van der Waals surface area contributed by atoms with Crippen molar-refractivity contribution in [3.63, 3.8) is 0 Å². The highest BCUT2D eigenvalue weighted by molar-refractivity contribution is 5.30. The normalized spacial score (nSPS) is 14.2. The van der Waals surface area contributed by atoms with Gasteiger partial charge in [-0.2, -0.15) is 0 Å². The minimum absolute atomic E-state index is 0.119. The van der Waals surface area contributed by atoms with E-state index in [2.05, 4.69) is 0 Å². The predicted molar refractivity (Wildman–Crippen MR) is 68.0 cm³/mol. The van der Waals surface area contributed by atoms with E-state index >= 15 is 0 Å². The average Bonchev–Trinajstić information content (AvgIpc) is 2.34. The largest absolute Gasteiger partial charge is 0.321 e. The van der Waals surface area contributed by atoms with Gasteiger partial charge >= 0.3 is 0 Å². The maximum atomic E-state index is 13.7. The summed E-state index contributed by atoms with van der Waals surface area (Å²) in [5.41, 5.74) is 4.95. The van der Waals surface area contributed by atoms with E-state index in [0.717, 1.165) is 12.1 Å². The lowest BCUT2D eigenvalue weighted by atomic mass is 9.86. The predicted octanol–water partition coefficient (Wildman–Crippen LogP) is 3.52. The lowest BCUT2D eigenvalue weighted by Gasteiger charge is -2.26. The van der Waals surface area contributed by atoms with E-state index in [-0.39, 0.29) is 17.5 Å². The second kappa shape index (κ2) is 5.05. The van der Waals surface area contributed by atoms with Crippen LogP contribution in [0.4, 0.5) is 13.2 Å². The highest BCUT2D eigenvalue weighted by Gasteiger charge is 2.27. The van der Waals surface area contributed by atoms with Gasteiger partial charge in [0.05, 0.1) is 0 Å². The Bertz CT molecular complexity index is 573. The quantitative estimate of drug-likeness (QED) is 0.902. The van der Waals surface area contributed by atoms with E-state index in [1.807, 2.05) is 0 Å². The van der Waals surface area contributed by atoms with Gasteiger partial charge in [-0.25, -0.2) is 13.2 Å². The summed E-state index contributed by atoms with van der Waals surface area (Å²) in [4.78, 5) is 0. The van der Waals surface area contributed by atoms with Gasteiger partial charge in [-0.05, 0) is 25.1 Å². The summed E-state index contributed by atoms with van der Waals surface area (Å²) in [5, 5.41) is 0. The van der Waals surface area contributed by atoms with Gasteiger partial charge in [0.15, 0.2) is 0 Å². The molecule has 0 radical (unpaired) electrons. The second-order valence-electron chi connectivity index (χ2n) is 4.77. The summed E-state index contributed by atoms with van der Waals surface area (Å²) in [6.45, 7) is 1.55. The first-order chi connectivity index (χ1) is 8.92. The number of benzene rings is 2. The molecule has 0 fully saturated rings. The third-order valence-electron chi connectivity index (χ3n) is 3.09. The third-order valence-corrected chi connectivity index (χ3v) is 3.09. The van der Waals surface area contributed by atoms with E-state index in [1.54, 1.807) is 19.1 Å². The molecule has 0 aliphatic rings. The molecule has 0 amide bonds. The first-order valence-corrected chi connectivity index (χ1v) is 5.88. The van der Waals surface area contributed by atoms with Crippen LogP contribution in [-0.4, -0.2) is 0 Å². The summed E-state index contributed by atoms with van der Waals surface area (Å²) in [6.07, 6.45) is -0.119. The average molecular weight is 265 g/mol. The van der Waals surface area contributed by atoms with E-state index in [4.69, 9.17) is 5.73 Å². The van der Waals surface area contributed by atoms with Crippen molar-refractivity contribution in [3.05, 3.63) is 71.0 Å². The Morgan fingerprint density at radius 3 is 2.00 bits per heavy atom. The molecule has 0 saturated heterocycles. The Kier molecular flexibility index (Phi) is 3.62. The molecule has 2 rings (SSSR count). The fraction of sp³-hybridized carbons (Fsp3) is 0.200. The minimum atomic E-state index is -1.19. The molecule has 0 heterocycles. The van der Waals surface area contributed by atoms with Crippen LogP contribution in [0.1, 0.15) is 18.1 Å². The van der Waals surface area contributed by atoms with Gasteiger partial charge in [-0.1, -0.05) is 24.3 Å². The van der Waals surface area contributed by atoms with Crippen LogP contribution in [0.25, 0.3) is 0 Å². The molecule has 0 aliphatic heterocycles. The van der Waals surface area contributed by atoms with Gasteiger partial charge in [-0.3, -0.25) is 0 Å². The number of rotatable bonds is 3. The Morgan fingerprint density at radius 2 is 1.42 bits per heavy atom. The monoisotopic (exact) mass is 265 g/mol. The molecule has 1 atom stereocenters. The van der Waals surface area contributed by atoms with Crippen LogP contribution >= 0.6 is 0 Å².